The van der Waals surface area contributed by atoms with Gasteiger partial charge in [0.2, 0.25) is 5.88 Å². The van der Waals surface area contributed by atoms with E-state index in [1.165, 1.54) is 0 Å². The number of ether oxygens (including phenoxy) is 1. The molecule has 0 unspecified atom stereocenters. The summed E-state index contributed by atoms with van der Waals surface area (Å²) in [6, 6.07) is 13.1. The van der Waals surface area contributed by atoms with Crippen LogP contribution in [0.25, 0.3) is 0 Å². The number of pyridine rings is 1. The molecule has 2 aromatic rings. The first-order valence-electron chi connectivity index (χ1n) is 5.86. The fourth-order valence-corrected chi connectivity index (χ4v) is 1.64. The fraction of sp³-hybridized carbons (Fsp3) is 0.267. The van der Waals surface area contributed by atoms with Crippen LogP contribution in [0.2, 0.25) is 5.02 Å². The van der Waals surface area contributed by atoms with E-state index in [-0.39, 0.29) is 5.41 Å². The summed E-state index contributed by atoms with van der Waals surface area (Å²) in [5.74, 6) is 1.34. The topological polar surface area (TPSA) is 22.1 Å². The van der Waals surface area contributed by atoms with Gasteiger partial charge in [-0.25, -0.2) is 4.98 Å². The Kier molecular flexibility index (Phi) is 3.58. The lowest BCUT2D eigenvalue weighted by molar-refractivity contribution is 0.452. The summed E-state index contributed by atoms with van der Waals surface area (Å²) in [6.45, 7) is 6.38. The highest BCUT2D eigenvalue weighted by atomic mass is 35.5. The van der Waals surface area contributed by atoms with Crippen LogP contribution in [-0.2, 0) is 5.41 Å². The van der Waals surface area contributed by atoms with Gasteiger partial charge in [0.05, 0.1) is 0 Å². The highest BCUT2D eigenvalue weighted by molar-refractivity contribution is 6.30. The third-order valence-corrected chi connectivity index (χ3v) is 2.78. The van der Waals surface area contributed by atoms with E-state index in [1.54, 1.807) is 12.1 Å². The van der Waals surface area contributed by atoms with Crippen molar-refractivity contribution in [3.8, 4) is 11.6 Å². The highest BCUT2D eigenvalue weighted by Crippen LogP contribution is 2.25. The summed E-state index contributed by atoms with van der Waals surface area (Å²) in [5.41, 5.74) is 1.02. The van der Waals surface area contributed by atoms with Gasteiger partial charge in [-0.1, -0.05) is 38.4 Å². The molecular formula is C15H16ClNO. The summed E-state index contributed by atoms with van der Waals surface area (Å²) in [7, 11) is 0. The van der Waals surface area contributed by atoms with E-state index in [4.69, 9.17) is 16.3 Å². The zero-order valence-electron chi connectivity index (χ0n) is 10.8. The molecule has 1 aromatic heterocycles. The van der Waals surface area contributed by atoms with Crippen LogP contribution in [0.1, 0.15) is 26.5 Å². The number of hydrogen-bond acceptors (Lipinski definition) is 2. The third-order valence-electron chi connectivity index (χ3n) is 2.53. The normalized spacial score (nSPS) is 11.3. The van der Waals surface area contributed by atoms with Gasteiger partial charge in [0, 0.05) is 22.2 Å². The van der Waals surface area contributed by atoms with Gasteiger partial charge in [0.15, 0.2) is 0 Å². The molecule has 0 bridgehead atoms. The Bertz CT molecular complexity index is 529. The second-order valence-electron chi connectivity index (χ2n) is 5.17. The fourth-order valence-electron chi connectivity index (χ4n) is 1.51. The Hall–Kier alpha value is -1.54. The van der Waals surface area contributed by atoms with Gasteiger partial charge in [-0.2, -0.15) is 0 Å². The van der Waals surface area contributed by atoms with Crippen molar-refractivity contribution in [3.63, 3.8) is 0 Å². The third kappa shape index (κ3) is 3.23. The van der Waals surface area contributed by atoms with Crippen molar-refractivity contribution in [1.29, 1.82) is 0 Å². The SMILES string of the molecule is CC(C)(C)c1cccc(Oc2ccc(Cl)cc2)n1. The molecule has 94 valence electrons. The van der Waals surface area contributed by atoms with E-state index in [0.29, 0.717) is 10.9 Å². The predicted molar refractivity (Wildman–Crippen MR) is 74.5 cm³/mol. The van der Waals surface area contributed by atoms with Crippen molar-refractivity contribution in [2.24, 2.45) is 0 Å². The molecule has 0 saturated carbocycles. The highest BCUT2D eigenvalue weighted by Gasteiger charge is 2.15. The van der Waals surface area contributed by atoms with Crippen LogP contribution in [0.3, 0.4) is 0 Å². The molecule has 0 N–H and O–H groups in total. The van der Waals surface area contributed by atoms with Gasteiger partial charge >= 0.3 is 0 Å². The number of hydrogen-bond donors (Lipinski definition) is 0. The number of benzene rings is 1. The summed E-state index contributed by atoms with van der Waals surface area (Å²) in [4.78, 5) is 4.51. The van der Waals surface area contributed by atoms with Gasteiger partial charge in [0.1, 0.15) is 5.75 Å². The van der Waals surface area contributed by atoms with Crippen LogP contribution in [0.5, 0.6) is 11.6 Å². The number of nitrogens with zero attached hydrogens (tertiary/aromatic N) is 1. The second-order valence-corrected chi connectivity index (χ2v) is 5.60. The van der Waals surface area contributed by atoms with Gasteiger partial charge in [0.25, 0.3) is 0 Å². The zero-order chi connectivity index (χ0) is 13.2. The smallest absolute Gasteiger partial charge is 0.219 e. The van der Waals surface area contributed by atoms with Gasteiger partial charge in [-0.3, -0.25) is 0 Å². The molecule has 0 fully saturated rings. The summed E-state index contributed by atoms with van der Waals surface area (Å²) >= 11 is 5.83. The second kappa shape index (κ2) is 4.99. The largest absolute Gasteiger partial charge is 0.439 e. The molecule has 0 aliphatic carbocycles. The maximum Gasteiger partial charge on any atom is 0.219 e. The summed E-state index contributed by atoms with van der Waals surface area (Å²) in [6.07, 6.45) is 0. The zero-order valence-corrected chi connectivity index (χ0v) is 11.5. The summed E-state index contributed by atoms with van der Waals surface area (Å²) < 4.78 is 5.70. The van der Waals surface area contributed by atoms with E-state index >= 15 is 0 Å². The van der Waals surface area contributed by atoms with Crippen molar-refractivity contribution in [2.75, 3.05) is 0 Å². The van der Waals surface area contributed by atoms with Crippen LogP contribution >= 0.6 is 11.6 Å². The quantitative estimate of drug-likeness (QED) is 0.773. The lowest BCUT2D eigenvalue weighted by atomic mass is 9.92. The number of aromatic nitrogens is 1. The molecule has 1 heterocycles. The van der Waals surface area contributed by atoms with E-state index < -0.39 is 0 Å². The minimum atomic E-state index is 0.0133. The molecule has 18 heavy (non-hydrogen) atoms. The Morgan fingerprint density at radius 3 is 2.28 bits per heavy atom. The van der Waals surface area contributed by atoms with Crippen molar-refractivity contribution < 1.29 is 4.74 Å². The average molecular weight is 262 g/mol. The molecule has 0 radical (unpaired) electrons. The van der Waals surface area contributed by atoms with Crippen LogP contribution in [0.15, 0.2) is 42.5 Å². The molecule has 0 aliphatic rings. The Morgan fingerprint density at radius 1 is 1.00 bits per heavy atom. The molecular weight excluding hydrogens is 246 g/mol. The van der Waals surface area contributed by atoms with E-state index in [1.807, 2.05) is 30.3 Å². The molecule has 0 amide bonds. The van der Waals surface area contributed by atoms with E-state index in [0.717, 1.165) is 11.4 Å². The van der Waals surface area contributed by atoms with Gasteiger partial charge < -0.3 is 4.74 Å². The average Bonchev–Trinajstić information content (AvgIpc) is 2.31. The molecule has 0 spiro atoms. The van der Waals surface area contributed by atoms with Crippen molar-refractivity contribution in [3.05, 3.63) is 53.2 Å². The van der Waals surface area contributed by atoms with Gasteiger partial charge in [-0.05, 0) is 30.3 Å². The Balaban J connectivity index is 2.22. The maximum absolute atomic E-state index is 5.83. The first-order chi connectivity index (χ1) is 8.45. The first kappa shape index (κ1) is 12.9. The van der Waals surface area contributed by atoms with Crippen molar-refractivity contribution in [1.82, 2.24) is 4.98 Å². The standard InChI is InChI=1S/C15H16ClNO/c1-15(2,3)13-5-4-6-14(17-13)18-12-9-7-11(16)8-10-12/h4-10H,1-3H3. The van der Waals surface area contributed by atoms with Gasteiger partial charge in [-0.15, -0.1) is 0 Å². The van der Waals surface area contributed by atoms with Crippen LogP contribution in [0.4, 0.5) is 0 Å². The number of rotatable bonds is 2. The Morgan fingerprint density at radius 2 is 1.67 bits per heavy atom. The molecule has 3 heteroatoms. The lowest BCUT2D eigenvalue weighted by Gasteiger charge is -2.18. The molecule has 1 aromatic carbocycles. The molecule has 2 nitrogen and oxygen atoms in total. The molecule has 0 atom stereocenters. The predicted octanol–water partition coefficient (Wildman–Crippen LogP) is 4.82. The summed E-state index contributed by atoms with van der Waals surface area (Å²) in [5, 5.41) is 0.693. The maximum atomic E-state index is 5.83. The van der Waals surface area contributed by atoms with Crippen molar-refractivity contribution >= 4 is 11.6 Å². The van der Waals surface area contributed by atoms with E-state index in [2.05, 4.69) is 25.8 Å². The molecule has 0 saturated heterocycles. The van der Waals surface area contributed by atoms with Crippen LogP contribution in [0, 0.1) is 0 Å². The van der Waals surface area contributed by atoms with E-state index in [9.17, 15) is 0 Å². The molecule has 0 aliphatic heterocycles. The van der Waals surface area contributed by atoms with Crippen LogP contribution < -0.4 is 4.74 Å². The minimum Gasteiger partial charge on any atom is -0.439 e. The van der Waals surface area contributed by atoms with Crippen molar-refractivity contribution in [2.45, 2.75) is 26.2 Å². The Labute approximate surface area is 113 Å². The minimum absolute atomic E-state index is 0.0133. The monoisotopic (exact) mass is 261 g/mol. The molecule has 2 rings (SSSR count). The van der Waals surface area contributed by atoms with Crippen LogP contribution in [-0.4, -0.2) is 4.98 Å². The first-order valence-corrected chi connectivity index (χ1v) is 6.24. The number of halogens is 1. The lowest BCUT2D eigenvalue weighted by Crippen LogP contribution is -2.13.